The minimum Gasteiger partial charge on any atom is -0.350 e. The Morgan fingerprint density at radius 3 is 2.30 bits per heavy atom. The van der Waals surface area contributed by atoms with Crippen molar-refractivity contribution in [2.24, 2.45) is 0 Å². The molecule has 20 heavy (non-hydrogen) atoms. The molecule has 0 aliphatic carbocycles. The number of nitrogens with zero attached hydrogens (tertiary/aromatic N) is 4. The van der Waals surface area contributed by atoms with Gasteiger partial charge in [0.25, 0.3) is 5.69 Å². The van der Waals surface area contributed by atoms with E-state index < -0.39 is 9.85 Å². The van der Waals surface area contributed by atoms with Gasteiger partial charge in [0.1, 0.15) is 12.4 Å². The predicted molar refractivity (Wildman–Crippen MR) is 69.1 cm³/mol. The van der Waals surface area contributed by atoms with Crippen molar-refractivity contribution >= 4 is 17.3 Å². The molecule has 1 N–H and O–H groups in total. The Bertz CT molecular complexity index is 644. The molecular formula is C11H9N5O4. The van der Waals surface area contributed by atoms with Crippen LogP contribution in [0.5, 0.6) is 0 Å². The predicted octanol–water partition coefficient (Wildman–Crippen LogP) is 1.91. The molecule has 0 amide bonds. The molecule has 102 valence electrons. The summed E-state index contributed by atoms with van der Waals surface area (Å²) in [6.07, 6.45) is 2.17. The lowest BCUT2D eigenvalue weighted by molar-refractivity contribution is -0.385. The first kappa shape index (κ1) is 13.3. The Kier molecular flexibility index (Phi) is 3.80. The highest BCUT2D eigenvalue weighted by atomic mass is 16.6. The van der Waals surface area contributed by atoms with E-state index in [1.807, 2.05) is 0 Å². The van der Waals surface area contributed by atoms with Gasteiger partial charge in [0, 0.05) is 18.7 Å². The number of nitro groups is 2. The molecule has 0 aliphatic rings. The Hall–Kier alpha value is -3.10. The first-order valence-corrected chi connectivity index (χ1v) is 5.50. The standard InChI is InChI=1S/C11H9N5O4/c17-15(18)9-3-1-2-8(4-9)5-12-11-13-6-10(7-14-11)16(19)20/h1-4,6-7H,5H2,(H,12,13,14). The fraction of sp³-hybridized carbons (Fsp3) is 0.0909. The van der Waals surface area contributed by atoms with Gasteiger partial charge in [0.05, 0.1) is 9.85 Å². The van der Waals surface area contributed by atoms with E-state index in [0.717, 1.165) is 12.4 Å². The second kappa shape index (κ2) is 5.69. The van der Waals surface area contributed by atoms with Crippen LogP contribution in [-0.4, -0.2) is 19.8 Å². The van der Waals surface area contributed by atoms with Crippen LogP contribution in [0.2, 0.25) is 0 Å². The molecule has 2 rings (SSSR count). The summed E-state index contributed by atoms with van der Waals surface area (Å²) >= 11 is 0. The second-order valence-corrected chi connectivity index (χ2v) is 3.80. The SMILES string of the molecule is O=[N+]([O-])c1cnc(NCc2cccc([N+](=O)[O-])c2)nc1. The molecule has 0 radical (unpaired) electrons. The third-order valence-electron chi connectivity index (χ3n) is 2.42. The van der Waals surface area contributed by atoms with Crippen molar-refractivity contribution in [1.29, 1.82) is 0 Å². The van der Waals surface area contributed by atoms with Crippen molar-refractivity contribution in [2.75, 3.05) is 5.32 Å². The highest BCUT2D eigenvalue weighted by Crippen LogP contribution is 2.14. The van der Waals surface area contributed by atoms with Gasteiger partial charge in [-0.3, -0.25) is 20.2 Å². The normalized spacial score (nSPS) is 10.0. The van der Waals surface area contributed by atoms with E-state index in [1.54, 1.807) is 12.1 Å². The lowest BCUT2D eigenvalue weighted by atomic mass is 10.2. The number of nitro benzene ring substituents is 1. The second-order valence-electron chi connectivity index (χ2n) is 3.80. The average molecular weight is 275 g/mol. The summed E-state index contributed by atoms with van der Waals surface area (Å²) in [5.74, 6) is 0.210. The lowest BCUT2D eigenvalue weighted by Crippen LogP contribution is -2.04. The molecule has 0 spiro atoms. The van der Waals surface area contributed by atoms with Crippen molar-refractivity contribution in [3.8, 4) is 0 Å². The average Bonchev–Trinajstić information content (AvgIpc) is 2.46. The number of nitrogens with one attached hydrogen (secondary N) is 1. The third-order valence-corrected chi connectivity index (χ3v) is 2.42. The van der Waals surface area contributed by atoms with E-state index in [4.69, 9.17) is 0 Å². The van der Waals surface area contributed by atoms with Crippen molar-refractivity contribution in [3.63, 3.8) is 0 Å². The van der Waals surface area contributed by atoms with E-state index in [1.165, 1.54) is 12.1 Å². The molecule has 0 unspecified atom stereocenters. The molecule has 9 heteroatoms. The molecule has 0 saturated carbocycles. The summed E-state index contributed by atoms with van der Waals surface area (Å²) in [4.78, 5) is 27.5. The summed E-state index contributed by atoms with van der Waals surface area (Å²) in [6.45, 7) is 0.277. The van der Waals surface area contributed by atoms with Gasteiger partial charge in [0.15, 0.2) is 0 Å². The van der Waals surface area contributed by atoms with Crippen molar-refractivity contribution in [3.05, 3.63) is 62.5 Å². The van der Waals surface area contributed by atoms with E-state index in [0.29, 0.717) is 5.56 Å². The Morgan fingerprint density at radius 2 is 1.70 bits per heavy atom. The zero-order valence-electron chi connectivity index (χ0n) is 10.1. The van der Waals surface area contributed by atoms with Crippen molar-refractivity contribution < 1.29 is 9.85 Å². The number of benzene rings is 1. The maximum atomic E-state index is 10.6. The molecule has 2 aromatic rings. The van der Waals surface area contributed by atoms with E-state index in [-0.39, 0.29) is 23.9 Å². The minimum atomic E-state index is -0.593. The summed E-state index contributed by atoms with van der Waals surface area (Å²) in [5.41, 5.74) is 0.473. The van der Waals surface area contributed by atoms with Gasteiger partial charge >= 0.3 is 5.69 Å². The minimum absolute atomic E-state index is 0.00563. The molecule has 0 fully saturated rings. The molecular weight excluding hydrogens is 266 g/mol. The first-order chi connectivity index (χ1) is 9.56. The van der Waals surface area contributed by atoms with Crippen LogP contribution >= 0.6 is 0 Å². The molecule has 1 aromatic heterocycles. The summed E-state index contributed by atoms with van der Waals surface area (Å²) in [6, 6.07) is 6.11. The van der Waals surface area contributed by atoms with E-state index in [2.05, 4.69) is 15.3 Å². The Balaban J connectivity index is 2.03. The van der Waals surface area contributed by atoms with Gasteiger partial charge < -0.3 is 5.32 Å². The van der Waals surface area contributed by atoms with E-state index in [9.17, 15) is 20.2 Å². The zero-order valence-corrected chi connectivity index (χ0v) is 10.1. The number of rotatable bonds is 5. The maximum absolute atomic E-state index is 10.6. The molecule has 1 aromatic carbocycles. The fourth-order valence-corrected chi connectivity index (χ4v) is 1.47. The highest BCUT2D eigenvalue weighted by molar-refractivity contribution is 5.37. The molecule has 0 aliphatic heterocycles. The van der Waals surface area contributed by atoms with Crippen LogP contribution in [0.15, 0.2) is 36.7 Å². The fourth-order valence-electron chi connectivity index (χ4n) is 1.47. The first-order valence-electron chi connectivity index (χ1n) is 5.50. The monoisotopic (exact) mass is 275 g/mol. The van der Waals surface area contributed by atoms with Crippen LogP contribution < -0.4 is 5.32 Å². The summed E-state index contributed by atoms with van der Waals surface area (Å²) < 4.78 is 0. The molecule has 0 saturated heterocycles. The number of aromatic nitrogens is 2. The molecule has 9 nitrogen and oxygen atoms in total. The maximum Gasteiger partial charge on any atom is 0.305 e. The number of non-ortho nitro benzene ring substituents is 1. The number of anilines is 1. The third kappa shape index (κ3) is 3.22. The highest BCUT2D eigenvalue weighted by Gasteiger charge is 2.08. The van der Waals surface area contributed by atoms with Gasteiger partial charge in [-0.05, 0) is 5.56 Å². The summed E-state index contributed by atoms with van der Waals surface area (Å²) in [5, 5.41) is 23.9. The van der Waals surface area contributed by atoms with Gasteiger partial charge in [-0.15, -0.1) is 0 Å². The zero-order chi connectivity index (χ0) is 14.5. The largest absolute Gasteiger partial charge is 0.350 e. The van der Waals surface area contributed by atoms with Gasteiger partial charge in [0.2, 0.25) is 5.95 Å². The van der Waals surface area contributed by atoms with Crippen LogP contribution in [0, 0.1) is 20.2 Å². The molecule has 1 heterocycles. The van der Waals surface area contributed by atoms with Gasteiger partial charge in [-0.2, -0.15) is 0 Å². The van der Waals surface area contributed by atoms with Crippen LogP contribution in [0.1, 0.15) is 5.56 Å². The van der Waals surface area contributed by atoms with E-state index >= 15 is 0 Å². The van der Waals surface area contributed by atoms with Gasteiger partial charge in [-0.1, -0.05) is 12.1 Å². The molecule has 0 bridgehead atoms. The lowest BCUT2D eigenvalue weighted by Gasteiger charge is -2.04. The van der Waals surface area contributed by atoms with Crippen LogP contribution in [0.4, 0.5) is 17.3 Å². The Morgan fingerprint density at radius 1 is 1.05 bits per heavy atom. The molecule has 0 atom stereocenters. The number of hydrogen-bond donors (Lipinski definition) is 1. The van der Waals surface area contributed by atoms with Crippen molar-refractivity contribution in [2.45, 2.75) is 6.54 Å². The van der Waals surface area contributed by atoms with Gasteiger partial charge in [-0.25, -0.2) is 9.97 Å². The van der Waals surface area contributed by atoms with Crippen LogP contribution in [-0.2, 0) is 6.54 Å². The smallest absolute Gasteiger partial charge is 0.305 e. The number of hydrogen-bond acceptors (Lipinski definition) is 7. The Labute approximate surface area is 112 Å². The quantitative estimate of drug-likeness (QED) is 0.652. The van der Waals surface area contributed by atoms with Crippen LogP contribution in [0.25, 0.3) is 0 Å². The van der Waals surface area contributed by atoms with Crippen molar-refractivity contribution in [1.82, 2.24) is 9.97 Å². The summed E-state index contributed by atoms with van der Waals surface area (Å²) in [7, 11) is 0. The topological polar surface area (TPSA) is 124 Å². The van der Waals surface area contributed by atoms with Crippen LogP contribution in [0.3, 0.4) is 0 Å².